The molecule has 0 heterocycles. The summed E-state index contributed by atoms with van der Waals surface area (Å²) in [5, 5.41) is 0. The summed E-state index contributed by atoms with van der Waals surface area (Å²) in [4.78, 5) is 3.74. The lowest BCUT2D eigenvalue weighted by Gasteiger charge is -2.17. The van der Waals surface area contributed by atoms with Crippen molar-refractivity contribution in [1.82, 2.24) is 0 Å². The van der Waals surface area contributed by atoms with Crippen molar-refractivity contribution in [1.29, 1.82) is 0 Å². The van der Waals surface area contributed by atoms with Crippen LogP contribution in [0.1, 0.15) is 38.5 Å². The smallest absolute Gasteiger partial charge is 0.387 e. The van der Waals surface area contributed by atoms with Crippen LogP contribution in [-0.4, -0.2) is 17.6 Å². The summed E-state index contributed by atoms with van der Waals surface area (Å²) in [5.41, 5.74) is 3.83. The number of amidine groups is 1. The summed E-state index contributed by atoms with van der Waals surface area (Å²) in [6.07, 6.45) is -0.129. The van der Waals surface area contributed by atoms with E-state index in [1.54, 1.807) is 0 Å². The van der Waals surface area contributed by atoms with Gasteiger partial charge in [-0.3, -0.25) is 4.99 Å². The minimum Gasteiger partial charge on any atom is -0.387 e. The molecule has 0 amide bonds. The molecule has 0 aromatic carbocycles. The molecule has 2 fully saturated rings. The van der Waals surface area contributed by atoms with Crippen LogP contribution in [0.15, 0.2) is 4.99 Å². The van der Waals surface area contributed by atoms with Gasteiger partial charge in [-0.1, -0.05) is 12.8 Å². The van der Waals surface area contributed by atoms with Gasteiger partial charge in [-0.2, -0.15) is 13.2 Å². The zero-order valence-corrected chi connectivity index (χ0v) is 8.48. The first-order valence-corrected chi connectivity index (χ1v) is 5.37. The Morgan fingerprint density at radius 1 is 1.20 bits per heavy atom. The molecule has 0 bridgehead atoms. The van der Waals surface area contributed by atoms with E-state index in [1.807, 2.05) is 0 Å². The van der Waals surface area contributed by atoms with Gasteiger partial charge in [-0.25, -0.2) is 0 Å². The summed E-state index contributed by atoms with van der Waals surface area (Å²) in [6, 6.07) is 0. The fourth-order valence-electron chi connectivity index (χ4n) is 2.14. The molecule has 2 aliphatic carbocycles. The van der Waals surface area contributed by atoms with Gasteiger partial charge in [0, 0.05) is 5.92 Å². The number of nitrogens with zero attached hydrogens (tertiary/aromatic N) is 1. The summed E-state index contributed by atoms with van der Waals surface area (Å²) >= 11 is 0. The number of rotatable bonds is 2. The molecule has 0 radical (unpaired) electrons. The first-order chi connectivity index (χ1) is 6.95. The quantitative estimate of drug-likeness (QED) is 0.563. The third kappa shape index (κ3) is 1.96. The maximum absolute atomic E-state index is 12.6. The van der Waals surface area contributed by atoms with Crippen LogP contribution >= 0.6 is 0 Å². The number of aliphatic imine (C=N–C) groups is 1. The Bertz CT molecular complexity index is 273. The van der Waals surface area contributed by atoms with Crippen molar-refractivity contribution < 1.29 is 13.2 Å². The number of nitrogens with two attached hydrogens (primary N) is 1. The van der Waals surface area contributed by atoms with E-state index in [2.05, 4.69) is 4.99 Å². The summed E-state index contributed by atoms with van der Waals surface area (Å²) in [5.74, 6) is 0.312. The van der Waals surface area contributed by atoms with Crippen LogP contribution in [0, 0.1) is 5.92 Å². The molecular weight excluding hydrogens is 205 g/mol. The maximum Gasteiger partial charge on any atom is 0.413 e. The molecule has 0 saturated heterocycles. The predicted molar refractivity (Wildman–Crippen MR) is 51.6 cm³/mol. The molecule has 0 unspecified atom stereocenters. The first-order valence-electron chi connectivity index (χ1n) is 5.37. The minimum atomic E-state index is -4.23. The van der Waals surface area contributed by atoms with Crippen molar-refractivity contribution in [2.75, 3.05) is 0 Å². The van der Waals surface area contributed by atoms with Crippen LogP contribution in [0.2, 0.25) is 0 Å². The lowest BCUT2D eigenvalue weighted by Crippen LogP contribution is -2.33. The lowest BCUT2D eigenvalue weighted by atomic mass is 10.1. The molecule has 2 nitrogen and oxygen atoms in total. The van der Waals surface area contributed by atoms with E-state index in [0.29, 0.717) is 0 Å². The van der Waals surface area contributed by atoms with E-state index in [9.17, 15) is 13.2 Å². The lowest BCUT2D eigenvalue weighted by molar-refractivity contribution is -0.155. The van der Waals surface area contributed by atoms with Gasteiger partial charge in [-0.15, -0.1) is 0 Å². The highest BCUT2D eigenvalue weighted by Gasteiger charge is 2.64. The predicted octanol–water partition coefficient (Wildman–Crippen LogP) is 2.63. The van der Waals surface area contributed by atoms with E-state index in [-0.39, 0.29) is 24.6 Å². The van der Waals surface area contributed by atoms with E-state index in [1.165, 1.54) is 0 Å². The van der Waals surface area contributed by atoms with Crippen molar-refractivity contribution in [3.8, 4) is 0 Å². The summed E-state index contributed by atoms with van der Waals surface area (Å²) < 4.78 is 37.7. The molecule has 2 saturated carbocycles. The average Bonchev–Trinajstić information content (AvgIpc) is 2.74. The van der Waals surface area contributed by atoms with Crippen LogP contribution in [0.25, 0.3) is 0 Å². The highest BCUT2D eigenvalue weighted by molar-refractivity contribution is 5.83. The molecule has 2 aliphatic rings. The largest absolute Gasteiger partial charge is 0.413 e. The average molecular weight is 220 g/mol. The van der Waals surface area contributed by atoms with Gasteiger partial charge in [0.2, 0.25) is 0 Å². The Labute approximate surface area is 86.7 Å². The van der Waals surface area contributed by atoms with E-state index < -0.39 is 11.7 Å². The van der Waals surface area contributed by atoms with Gasteiger partial charge < -0.3 is 5.73 Å². The second kappa shape index (κ2) is 3.39. The van der Waals surface area contributed by atoms with Gasteiger partial charge in [0.05, 0.1) is 5.84 Å². The Hall–Kier alpha value is -0.740. The SMILES string of the molecule is NC(=NC1(C(F)(F)F)CC1)C1CCCC1. The van der Waals surface area contributed by atoms with Crippen molar-refractivity contribution >= 4 is 5.84 Å². The fraction of sp³-hybridized carbons (Fsp3) is 0.900. The van der Waals surface area contributed by atoms with Crippen molar-refractivity contribution in [2.24, 2.45) is 16.6 Å². The Morgan fingerprint density at radius 2 is 1.73 bits per heavy atom. The van der Waals surface area contributed by atoms with E-state index >= 15 is 0 Å². The molecule has 86 valence electrons. The monoisotopic (exact) mass is 220 g/mol. The third-order valence-electron chi connectivity index (χ3n) is 3.37. The van der Waals surface area contributed by atoms with Crippen LogP contribution in [0.3, 0.4) is 0 Å². The number of hydrogen-bond donors (Lipinski definition) is 1. The van der Waals surface area contributed by atoms with Crippen molar-refractivity contribution in [2.45, 2.75) is 50.2 Å². The molecule has 0 spiro atoms. The van der Waals surface area contributed by atoms with E-state index in [0.717, 1.165) is 25.7 Å². The first kappa shape index (κ1) is 10.8. The van der Waals surface area contributed by atoms with Gasteiger partial charge >= 0.3 is 6.18 Å². The van der Waals surface area contributed by atoms with Gasteiger partial charge in [0.25, 0.3) is 0 Å². The molecule has 0 aliphatic heterocycles. The van der Waals surface area contributed by atoms with Gasteiger partial charge in [0.1, 0.15) is 0 Å². The molecule has 5 heteroatoms. The zero-order valence-electron chi connectivity index (χ0n) is 8.48. The van der Waals surface area contributed by atoms with Gasteiger partial charge in [0.15, 0.2) is 5.54 Å². The number of alkyl halides is 3. The molecule has 15 heavy (non-hydrogen) atoms. The topological polar surface area (TPSA) is 38.4 Å². The molecular formula is C10H15F3N2. The molecule has 2 rings (SSSR count). The van der Waals surface area contributed by atoms with Crippen LogP contribution in [0.5, 0.6) is 0 Å². The maximum atomic E-state index is 12.6. The van der Waals surface area contributed by atoms with Crippen molar-refractivity contribution in [3.63, 3.8) is 0 Å². The second-order valence-corrected chi connectivity index (χ2v) is 4.55. The Morgan fingerprint density at radius 3 is 2.13 bits per heavy atom. The van der Waals surface area contributed by atoms with Crippen LogP contribution < -0.4 is 5.73 Å². The molecule has 0 atom stereocenters. The fourth-order valence-corrected chi connectivity index (χ4v) is 2.14. The second-order valence-electron chi connectivity index (χ2n) is 4.55. The highest BCUT2D eigenvalue weighted by Crippen LogP contribution is 2.52. The highest BCUT2D eigenvalue weighted by atomic mass is 19.4. The van der Waals surface area contributed by atoms with Crippen LogP contribution in [-0.2, 0) is 0 Å². The number of halogens is 3. The Balaban J connectivity index is 2.09. The standard InChI is InChI=1S/C10H15F3N2/c11-10(12,13)9(5-6-9)15-8(14)7-3-1-2-4-7/h7H,1-6H2,(H2,14,15). The molecule has 0 aromatic heterocycles. The van der Waals surface area contributed by atoms with Crippen molar-refractivity contribution in [3.05, 3.63) is 0 Å². The number of hydrogen-bond acceptors (Lipinski definition) is 1. The summed E-state index contributed by atoms with van der Waals surface area (Å²) in [6.45, 7) is 0. The van der Waals surface area contributed by atoms with Gasteiger partial charge in [-0.05, 0) is 25.7 Å². The molecule has 0 aromatic rings. The minimum absolute atomic E-state index is 0.0878. The molecule has 2 N–H and O–H groups in total. The summed E-state index contributed by atoms with van der Waals surface area (Å²) in [7, 11) is 0. The van der Waals surface area contributed by atoms with Crippen LogP contribution in [0.4, 0.5) is 13.2 Å². The third-order valence-corrected chi connectivity index (χ3v) is 3.37. The zero-order chi connectivity index (χ0) is 11.1. The normalized spacial score (nSPS) is 27.0. The van der Waals surface area contributed by atoms with E-state index in [4.69, 9.17) is 5.73 Å². The Kier molecular flexibility index (Phi) is 2.43.